The van der Waals surface area contributed by atoms with E-state index in [2.05, 4.69) is 24.5 Å². The van der Waals surface area contributed by atoms with E-state index in [1.54, 1.807) is 7.11 Å². The van der Waals surface area contributed by atoms with Gasteiger partial charge in [-0.25, -0.2) is 4.79 Å². The number of carbonyl (C=O) groups is 1. The molecule has 1 unspecified atom stereocenters. The fraction of sp³-hybridized carbons (Fsp3) is 0.933. The van der Waals surface area contributed by atoms with E-state index in [-0.39, 0.29) is 12.1 Å². The van der Waals surface area contributed by atoms with Gasteiger partial charge in [0.05, 0.1) is 6.10 Å². The Hall–Kier alpha value is -0.810. The average molecular weight is 286 g/mol. The third-order valence-corrected chi connectivity index (χ3v) is 3.56. The number of ether oxygens (including phenoxy) is 2. The molecule has 1 aliphatic rings. The molecular formula is C15H30N2O3. The summed E-state index contributed by atoms with van der Waals surface area (Å²) in [7, 11) is 1.75. The summed E-state index contributed by atoms with van der Waals surface area (Å²) in [6.45, 7) is 10.6. The van der Waals surface area contributed by atoms with Crippen LogP contribution >= 0.6 is 0 Å². The van der Waals surface area contributed by atoms with E-state index >= 15 is 0 Å². The predicted molar refractivity (Wildman–Crippen MR) is 79.8 cm³/mol. The number of hydrogen-bond donors (Lipinski definition) is 2. The smallest absolute Gasteiger partial charge is 0.407 e. The first-order valence-electron chi connectivity index (χ1n) is 7.47. The van der Waals surface area contributed by atoms with Crippen LogP contribution in [-0.2, 0) is 9.47 Å². The number of methoxy groups -OCH3 is 1. The highest BCUT2D eigenvalue weighted by atomic mass is 16.6. The summed E-state index contributed by atoms with van der Waals surface area (Å²) in [5.74, 6) is 0.355. The molecule has 0 aromatic rings. The Kier molecular flexibility index (Phi) is 6.27. The van der Waals surface area contributed by atoms with Crippen LogP contribution < -0.4 is 10.6 Å². The van der Waals surface area contributed by atoms with Crippen LogP contribution in [0.4, 0.5) is 4.79 Å². The van der Waals surface area contributed by atoms with E-state index < -0.39 is 5.60 Å². The van der Waals surface area contributed by atoms with Gasteiger partial charge in [0.2, 0.25) is 0 Å². The Morgan fingerprint density at radius 3 is 2.35 bits per heavy atom. The van der Waals surface area contributed by atoms with Crippen LogP contribution in [0.1, 0.15) is 47.5 Å². The van der Waals surface area contributed by atoms with Gasteiger partial charge < -0.3 is 20.1 Å². The van der Waals surface area contributed by atoms with Crippen LogP contribution in [-0.4, -0.2) is 43.5 Å². The standard InChI is InChI=1S/C15H30N2O3/c1-10(2)13(17-14(18)20-15(3,4)5)9-16-11-7-12(8-11)19-6/h10-13,16H,7-9H2,1-6H3,(H,17,18). The molecule has 20 heavy (non-hydrogen) atoms. The van der Waals surface area contributed by atoms with Crippen molar-refractivity contribution >= 4 is 6.09 Å². The van der Waals surface area contributed by atoms with Crippen LogP contribution in [0.15, 0.2) is 0 Å². The van der Waals surface area contributed by atoms with Gasteiger partial charge in [-0.05, 0) is 39.5 Å². The van der Waals surface area contributed by atoms with Crippen molar-refractivity contribution in [3.8, 4) is 0 Å². The Labute approximate surface area is 122 Å². The minimum absolute atomic E-state index is 0.0754. The Bertz CT molecular complexity index is 307. The van der Waals surface area contributed by atoms with Crippen LogP contribution in [0, 0.1) is 5.92 Å². The van der Waals surface area contributed by atoms with E-state index in [0.717, 1.165) is 19.4 Å². The first-order valence-corrected chi connectivity index (χ1v) is 7.47. The number of hydrogen-bond acceptors (Lipinski definition) is 4. The van der Waals surface area contributed by atoms with Crippen molar-refractivity contribution in [2.75, 3.05) is 13.7 Å². The SMILES string of the molecule is COC1CC(NCC(NC(=O)OC(C)(C)C)C(C)C)C1. The fourth-order valence-electron chi connectivity index (χ4n) is 2.13. The molecule has 2 N–H and O–H groups in total. The Balaban J connectivity index is 2.32. The molecule has 118 valence electrons. The molecule has 1 aliphatic carbocycles. The minimum atomic E-state index is -0.460. The van der Waals surface area contributed by atoms with Gasteiger partial charge in [0, 0.05) is 25.7 Å². The summed E-state index contributed by atoms with van der Waals surface area (Å²) in [6, 6.07) is 0.577. The van der Waals surface area contributed by atoms with Crippen molar-refractivity contribution in [1.29, 1.82) is 0 Å². The molecule has 0 aromatic heterocycles. The van der Waals surface area contributed by atoms with E-state index in [0.29, 0.717) is 18.1 Å². The molecule has 0 spiro atoms. The average Bonchev–Trinajstić information content (AvgIpc) is 2.22. The summed E-state index contributed by atoms with van der Waals surface area (Å²) in [6.07, 6.45) is 2.15. The van der Waals surface area contributed by atoms with Gasteiger partial charge in [-0.15, -0.1) is 0 Å². The molecule has 0 aliphatic heterocycles. The highest BCUT2D eigenvalue weighted by molar-refractivity contribution is 5.68. The largest absolute Gasteiger partial charge is 0.444 e. The first-order chi connectivity index (χ1) is 9.21. The lowest BCUT2D eigenvalue weighted by Gasteiger charge is -2.36. The molecule has 0 aromatic carbocycles. The van der Waals surface area contributed by atoms with Crippen LogP contribution in [0.3, 0.4) is 0 Å². The second-order valence-corrected chi connectivity index (χ2v) is 6.93. The molecule has 5 heteroatoms. The summed E-state index contributed by atoms with van der Waals surface area (Å²) < 4.78 is 10.6. The Morgan fingerprint density at radius 1 is 1.30 bits per heavy atom. The predicted octanol–water partition coefficient (Wildman–Crippen LogP) is 2.30. The van der Waals surface area contributed by atoms with Gasteiger partial charge in [-0.2, -0.15) is 0 Å². The third-order valence-electron chi connectivity index (χ3n) is 3.56. The maximum absolute atomic E-state index is 11.8. The van der Waals surface area contributed by atoms with Gasteiger partial charge in [0.1, 0.15) is 5.60 Å². The fourth-order valence-corrected chi connectivity index (χ4v) is 2.13. The molecule has 1 saturated carbocycles. The second kappa shape index (κ2) is 7.27. The molecule has 1 rings (SSSR count). The zero-order valence-corrected chi connectivity index (χ0v) is 13.7. The maximum atomic E-state index is 11.8. The molecular weight excluding hydrogens is 256 g/mol. The molecule has 0 bridgehead atoms. The van der Waals surface area contributed by atoms with Crippen molar-refractivity contribution in [1.82, 2.24) is 10.6 Å². The number of carbonyl (C=O) groups excluding carboxylic acids is 1. The normalized spacial score (nSPS) is 24.1. The molecule has 0 heterocycles. The third kappa shape index (κ3) is 6.09. The lowest BCUT2D eigenvalue weighted by molar-refractivity contribution is 0.0159. The van der Waals surface area contributed by atoms with Gasteiger partial charge >= 0.3 is 6.09 Å². The van der Waals surface area contributed by atoms with Crippen LogP contribution in [0.2, 0.25) is 0 Å². The molecule has 0 radical (unpaired) electrons. The highest BCUT2D eigenvalue weighted by Crippen LogP contribution is 2.22. The van der Waals surface area contributed by atoms with Crippen molar-refractivity contribution in [2.45, 2.75) is 71.2 Å². The molecule has 1 atom stereocenters. The van der Waals surface area contributed by atoms with Gasteiger partial charge in [-0.1, -0.05) is 13.8 Å². The summed E-state index contributed by atoms with van der Waals surface area (Å²) in [5.41, 5.74) is -0.460. The summed E-state index contributed by atoms with van der Waals surface area (Å²) >= 11 is 0. The number of nitrogens with one attached hydrogen (secondary N) is 2. The van der Waals surface area contributed by atoms with E-state index in [9.17, 15) is 4.79 Å². The monoisotopic (exact) mass is 286 g/mol. The van der Waals surface area contributed by atoms with Crippen molar-refractivity contribution in [3.63, 3.8) is 0 Å². The summed E-state index contributed by atoms with van der Waals surface area (Å²) in [5, 5.41) is 6.43. The van der Waals surface area contributed by atoms with Gasteiger partial charge in [0.25, 0.3) is 0 Å². The van der Waals surface area contributed by atoms with E-state index in [4.69, 9.17) is 9.47 Å². The van der Waals surface area contributed by atoms with E-state index in [1.165, 1.54) is 0 Å². The molecule has 1 fully saturated rings. The lowest BCUT2D eigenvalue weighted by Crippen LogP contribution is -2.52. The zero-order chi connectivity index (χ0) is 15.3. The topological polar surface area (TPSA) is 59.6 Å². The number of amides is 1. The second-order valence-electron chi connectivity index (χ2n) is 6.93. The van der Waals surface area contributed by atoms with Gasteiger partial charge in [-0.3, -0.25) is 0 Å². The molecule has 1 amide bonds. The molecule has 0 saturated heterocycles. The number of rotatable bonds is 6. The summed E-state index contributed by atoms with van der Waals surface area (Å²) in [4.78, 5) is 11.8. The van der Waals surface area contributed by atoms with Crippen molar-refractivity contribution in [2.24, 2.45) is 5.92 Å². The zero-order valence-electron chi connectivity index (χ0n) is 13.7. The van der Waals surface area contributed by atoms with Crippen LogP contribution in [0.5, 0.6) is 0 Å². The number of alkyl carbamates (subject to hydrolysis) is 1. The van der Waals surface area contributed by atoms with Crippen molar-refractivity contribution < 1.29 is 14.3 Å². The highest BCUT2D eigenvalue weighted by Gasteiger charge is 2.29. The first kappa shape index (κ1) is 17.2. The maximum Gasteiger partial charge on any atom is 0.407 e. The minimum Gasteiger partial charge on any atom is -0.444 e. The van der Waals surface area contributed by atoms with Crippen LogP contribution in [0.25, 0.3) is 0 Å². The van der Waals surface area contributed by atoms with Gasteiger partial charge in [0.15, 0.2) is 0 Å². The lowest BCUT2D eigenvalue weighted by atomic mass is 9.89. The van der Waals surface area contributed by atoms with Crippen molar-refractivity contribution in [3.05, 3.63) is 0 Å². The Morgan fingerprint density at radius 2 is 1.90 bits per heavy atom. The van der Waals surface area contributed by atoms with E-state index in [1.807, 2.05) is 20.8 Å². The quantitative estimate of drug-likeness (QED) is 0.786. The molecule has 5 nitrogen and oxygen atoms in total.